The van der Waals surface area contributed by atoms with E-state index < -0.39 is 29.2 Å². The number of carbonyl (C=O) groups is 3. The molecule has 15 nitrogen and oxygen atoms in total. The molecule has 0 radical (unpaired) electrons. The molecule has 0 aromatic carbocycles. The molecular formula is C15H16N10O5S3. The number of thioether (sulfide) groups is 2. The molecule has 0 bridgehead atoms. The van der Waals surface area contributed by atoms with Gasteiger partial charge in [-0.2, -0.15) is 9.36 Å². The number of hydrogen-bond acceptors (Lipinski definition) is 14. The number of amides is 2. The van der Waals surface area contributed by atoms with E-state index in [1.165, 1.54) is 40.2 Å². The lowest BCUT2D eigenvalue weighted by atomic mass is 10.0. The molecule has 0 aliphatic carbocycles. The van der Waals surface area contributed by atoms with E-state index in [9.17, 15) is 19.5 Å². The molecule has 4 rings (SSSR count). The lowest BCUT2D eigenvalue weighted by Crippen LogP contribution is -2.71. The average molecular weight is 513 g/mol. The Bertz CT molecular complexity index is 1180. The fourth-order valence-electron chi connectivity index (χ4n) is 3.11. The Labute approximate surface area is 198 Å². The number of oxime groups is 1. The highest BCUT2D eigenvalue weighted by molar-refractivity contribution is 8.01. The molecule has 2 aliphatic rings. The molecular weight excluding hydrogens is 496 g/mol. The van der Waals surface area contributed by atoms with Crippen molar-refractivity contribution in [1.82, 2.24) is 39.8 Å². The minimum atomic E-state index is -1.23. The van der Waals surface area contributed by atoms with Crippen LogP contribution in [0.4, 0.5) is 5.13 Å². The number of hydrogen-bond donors (Lipinski definition) is 3. The van der Waals surface area contributed by atoms with Gasteiger partial charge in [-0.15, -0.1) is 16.9 Å². The van der Waals surface area contributed by atoms with Gasteiger partial charge in [0.2, 0.25) is 16.7 Å². The molecule has 0 spiro atoms. The number of nitrogen functional groups attached to an aromatic ring is 1. The third-order valence-corrected chi connectivity index (χ3v) is 7.52. The summed E-state index contributed by atoms with van der Waals surface area (Å²) in [6.07, 6.45) is 0. The number of β-lactam (4-membered cyclic amide) rings is 1. The van der Waals surface area contributed by atoms with E-state index in [1.807, 2.05) is 0 Å². The quantitative estimate of drug-likeness (QED) is 0.160. The average Bonchev–Trinajstić information content (AvgIpc) is 3.40. The molecule has 1 fully saturated rings. The molecule has 2 aromatic rings. The van der Waals surface area contributed by atoms with Crippen LogP contribution in [-0.2, 0) is 26.3 Å². The summed E-state index contributed by atoms with van der Waals surface area (Å²) in [4.78, 5) is 47.3. The highest BCUT2D eigenvalue weighted by Crippen LogP contribution is 2.41. The van der Waals surface area contributed by atoms with E-state index in [1.54, 1.807) is 7.05 Å². The van der Waals surface area contributed by atoms with Gasteiger partial charge in [-0.05, 0) is 16.0 Å². The number of aryl methyl sites for hydroxylation is 1. The number of aromatic nitrogens is 6. The number of nitrogens with zero attached hydrogens (tertiary/aromatic N) is 8. The number of carboxylic acids is 1. The van der Waals surface area contributed by atoms with Crippen molar-refractivity contribution in [3.8, 4) is 0 Å². The minimum Gasteiger partial charge on any atom is -0.477 e. The molecule has 33 heavy (non-hydrogen) atoms. The molecule has 0 saturated carbocycles. The van der Waals surface area contributed by atoms with E-state index >= 15 is 0 Å². The number of nitrogens with two attached hydrogens (primary N) is 1. The Morgan fingerprint density at radius 3 is 2.85 bits per heavy atom. The van der Waals surface area contributed by atoms with E-state index in [-0.39, 0.29) is 28.1 Å². The van der Waals surface area contributed by atoms with Gasteiger partial charge in [0.15, 0.2) is 5.13 Å². The predicted molar refractivity (Wildman–Crippen MR) is 117 cm³/mol. The van der Waals surface area contributed by atoms with Crippen LogP contribution in [0.1, 0.15) is 5.82 Å². The third kappa shape index (κ3) is 4.35. The summed E-state index contributed by atoms with van der Waals surface area (Å²) in [5.74, 6) is -1.93. The van der Waals surface area contributed by atoms with Gasteiger partial charge in [-0.25, -0.2) is 9.48 Å². The summed E-state index contributed by atoms with van der Waals surface area (Å²) in [5.41, 5.74) is 5.76. The van der Waals surface area contributed by atoms with E-state index in [4.69, 9.17) is 10.6 Å². The van der Waals surface area contributed by atoms with Crippen molar-refractivity contribution in [3.05, 3.63) is 17.1 Å². The van der Waals surface area contributed by atoms with E-state index in [0.717, 1.165) is 11.5 Å². The van der Waals surface area contributed by atoms with Crippen molar-refractivity contribution in [2.45, 2.75) is 16.6 Å². The first-order chi connectivity index (χ1) is 15.8. The lowest BCUT2D eigenvalue weighted by molar-refractivity contribution is -0.150. The van der Waals surface area contributed by atoms with Crippen LogP contribution in [0.3, 0.4) is 0 Å². The maximum absolute atomic E-state index is 12.8. The van der Waals surface area contributed by atoms with Gasteiger partial charge in [0.1, 0.15) is 24.2 Å². The van der Waals surface area contributed by atoms with Crippen molar-refractivity contribution in [1.29, 1.82) is 0 Å². The summed E-state index contributed by atoms with van der Waals surface area (Å²) in [6.45, 7) is 0. The van der Waals surface area contributed by atoms with Gasteiger partial charge in [0.25, 0.3) is 11.8 Å². The summed E-state index contributed by atoms with van der Waals surface area (Å²) in [6, 6.07) is -0.952. The van der Waals surface area contributed by atoms with Gasteiger partial charge in [-0.1, -0.05) is 16.9 Å². The van der Waals surface area contributed by atoms with Crippen molar-refractivity contribution in [2.24, 2.45) is 12.2 Å². The first-order valence-electron chi connectivity index (χ1n) is 9.08. The minimum absolute atomic E-state index is 0.0412. The first-order valence-corrected chi connectivity index (χ1v) is 11.9. The maximum Gasteiger partial charge on any atom is 0.352 e. The zero-order valence-corrected chi connectivity index (χ0v) is 19.5. The van der Waals surface area contributed by atoms with Crippen molar-refractivity contribution >= 4 is 63.7 Å². The summed E-state index contributed by atoms with van der Waals surface area (Å²) in [7, 11) is 2.92. The van der Waals surface area contributed by atoms with Gasteiger partial charge in [0.05, 0.1) is 0 Å². The number of fused-ring (bicyclic) bond motifs is 1. The Morgan fingerprint density at radius 1 is 1.45 bits per heavy atom. The second-order valence-corrected chi connectivity index (χ2v) is 9.40. The summed E-state index contributed by atoms with van der Waals surface area (Å²) >= 11 is 3.48. The molecule has 2 aromatic heterocycles. The van der Waals surface area contributed by atoms with Crippen LogP contribution in [0.25, 0.3) is 0 Å². The van der Waals surface area contributed by atoms with Crippen LogP contribution in [0.5, 0.6) is 0 Å². The summed E-state index contributed by atoms with van der Waals surface area (Å²) < 4.78 is 5.40. The number of carbonyl (C=O) groups excluding carboxylic acids is 2. The molecule has 1 saturated heterocycles. The SMILES string of the molecule is CO/N=C(\C(=O)N[C@@H]1C(=O)N2C(C(=O)O)=C(CSc3nnnn3C)CS[C@H]12)c1nsc(N)n1. The van der Waals surface area contributed by atoms with Crippen LogP contribution in [0.15, 0.2) is 21.6 Å². The van der Waals surface area contributed by atoms with Crippen LogP contribution in [0, 0.1) is 0 Å². The number of tetrazole rings is 1. The Morgan fingerprint density at radius 2 is 2.24 bits per heavy atom. The van der Waals surface area contributed by atoms with Crippen LogP contribution in [0.2, 0.25) is 0 Å². The lowest BCUT2D eigenvalue weighted by Gasteiger charge is -2.49. The molecule has 174 valence electrons. The van der Waals surface area contributed by atoms with Crippen LogP contribution in [-0.4, -0.2) is 93.1 Å². The third-order valence-electron chi connectivity index (χ3n) is 4.54. The Kier molecular flexibility index (Phi) is 6.47. The van der Waals surface area contributed by atoms with Gasteiger partial charge in [-0.3, -0.25) is 14.5 Å². The molecule has 4 N–H and O–H groups in total. The van der Waals surface area contributed by atoms with Crippen LogP contribution >= 0.6 is 35.1 Å². The standard InChI is InChI=1S/C15H16N10O5S3/c1-24-15(19-22-23-24)32-4-5-3-31-12-7(11(27)25(12)8(5)13(28)29)17-10(26)6(20-30-2)9-18-14(16)33-21-9/h7,12H,3-4H2,1-2H3,(H,17,26)(H,28,29)(H2,16,18,21)/b20-6-/t7-,12-/m1/s1. The zero-order valence-electron chi connectivity index (χ0n) is 17.0. The zero-order chi connectivity index (χ0) is 23.7. The van der Waals surface area contributed by atoms with Crippen molar-refractivity contribution < 1.29 is 24.3 Å². The molecule has 2 atom stereocenters. The predicted octanol–water partition coefficient (Wildman–Crippen LogP) is -1.47. The van der Waals surface area contributed by atoms with Gasteiger partial charge >= 0.3 is 5.97 Å². The first kappa shape index (κ1) is 22.9. The molecule has 2 aliphatic heterocycles. The fraction of sp³-hybridized carbons (Fsp3) is 0.400. The number of carboxylic acid groups (broad SMARTS) is 1. The topological polar surface area (TPSA) is 204 Å². The Balaban J connectivity index is 1.49. The number of rotatable bonds is 8. The number of aliphatic carboxylic acids is 1. The maximum atomic E-state index is 12.8. The van der Waals surface area contributed by atoms with E-state index in [2.05, 4.69) is 35.4 Å². The molecule has 2 amide bonds. The molecule has 0 unspecified atom stereocenters. The second-order valence-electron chi connectivity index (χ2n) is 6.57. The monoisotopic (exact) mass is 512 g/mol. The smallest absolute Gasteiger partial charge is 0.352 e. The van der Waals surface area contributed by atoms with Crippen molar-refractivity contribution in [3.63, 3.8) is 0 Å². The number of anilines is 1. The summed E-state index contributed by atoms with van der Waals surface area (Å²) in [5, 5.41) is 27.2. The largest absolute Gasteiger partial charge is 0.477 e. The van der Waals surface area contributed by atoms with Gasteiger partial charge in [0, 0.05) is 30.1 Å². The van der Waals surface area contributed by atoms with Gasteiger partial charge < -0.3 is 21.0 Å². The molecule has 4 heterocycles. The van der Waals surface area contributed by atoms with Crippen molar-refractivity contribution in [2.75, 3.05) is 24.3 Å². The molecule has 18 heteroatoms. The number of nitrogens with one attached hydrogen (secondary N) is 1. The van der Waals surface area contributed by atoms with E-state index in [0.29, 0.717) is 16.5 Å². The normalized spacial score (nSPS) is 20.4. The van der Waals surface area contributed by atoms with Crippen LogP contribution < -0.4 is 11.1 Å². The highest BCUT2D eigenvalue weighted by atomic mass is 32.2. The highest BCUT2D eigenvalue weighted by Gasteiger charge is 2.54. The second kappa shape index (κ2) is 9.32. The fourth-order valence-corrected chi connectivity index (χ4v) is 5.88. The Hall–Kier alpha value is -3.25.